The van der Waals surface area contributed by atoms with Crippen LogP contribution in [0.2, 0.25) is 0 Å². The molecular formula is C17H26O2. The predicted octanol–water partition coefficient (Wildman–Crippen LogP) is 4.78. The molecule has 2 nitrogen and oxygen atoms in total. The van der Waals surface area contributed by atoms with E-state index in [-0.39, 0.29) is 0 Å². The molecule has 1 aromatic carbocycles. The first kappa shape index (κ1) is 15.7. The Morgan fingerprint density at radius 3 is 2.00 bits per heavy atom. The van der Waals surface area contributed by atoms with Gasteiger partial charge >= 0.3 is 0 Å². The Labute approximate surface area is 117 Å². The van der Waals surface area contributed by atoms with Gasteiger partial charge in [-0.1, -0.05) is 56.7 Å². The molecule has 0 aliphatic rings. The molecule has 0 amide bonds. The second kappa shape index (κ2) is 11.8. The first-order valence-corrected chi connectivity index (χ1v) is 7.55. The highest BCUT2D eigenvalue weighted by Gasteiger charge is 1.94. The summed E-state index contributed by atoms with van der Waals surface area (Å²) in [6.45, 7) is 0.823. The lowest BCUT2D eigenvalue weighted by atomic mass is 10.1. The zero-order valence-corrected chi connectivity index (χ0v) is 11.9. The Morgan fingerprint density at radius 1 is 0.789 bits per heavy atom. The summed E-state index contributed by atoms with van der Waals surface area (Å²) in [6.07, 6.45) is 11.6. The van der Waals surface area contributed by atoms with Gasteiger partial charge in [-0.3, -0.25) is 0 Å². The summed E-state index contributed by atoms with van der Waals surface area (Å²) in [6, 6.07) is 10.0. The van der Waals surface area contributed by atoms with Crippen molar-refractivity contribution < 1.29 is 9.53 Å². The fraction of sp³-hybridized carbons (Fsp3) is 0.588. The minimum atomic E-state index is 0.733. The zero-order chi connectivity index (χ0) is 13.6. The third kappa shape index (κ3) is 9.29. The minimum Gasteiger partial charge on any atom is -0.494 e. The molecule has 106 valence electrons. The van der Waals surface area contributed by atoms with Crippen LogP contribution in [0.4, 0.5) is 0 Å². The van der Waals surface area contributed by atoms with Gasteiger partial charge in [-0.25, -0.2) is 0 Å². The van der Waals surface area contributed by atoms with E-state index in [9.17, 15) is 4.79 Å². The van der Waals surface area contributed by atoms with Crippen molar-refractivity contribution in [1.29, 1.82) is 0 Å². The molecule has 0 aliphatic heterocycles. The Bertz CT molecular complexity index is 308. The maximum Gasteiger partial charge on any atom is 0.119 e. The maximum atomic E-state index is 10.1. The molecule has 1 aromatic rings. The zero-order valence-electron chi connectivity index (χ0n) is 11.9. The number of unbranched alkanes of at least 4 members (excludes halogenated alkanes) is 8. The van der Waals surface area contributed by atoms with Crippen LogP contribution in [-0.4, -0.2) is 12.9 Å². The molecule has 0 heterocycles. The molecular weight excluding hydrogens is 236 g/mol. The van der Waals surface area contributed by atoms with Gasteiger partial charge in [0.1, 0.15) is 12.0 Å². The topological polar surface area (TPSA) is 26.3 Å². The molecule has 0 aromatic heterocycles. The van der Waals surface area contributed by atoms with E-state index in [1.165, 1.54) is 38.5 Å². The molecule has 0 radical (unpaired) electrons. The summed E-state index contributed by atoms with van der Waals surface area (Å²) in [5.41, 5.74) is 0. The number of aldehydes is 1. The second-order valence-corrected chi connectivity index (χ2v) is 4.95. The van der Waals surface area contributed by atoms with Gasteiger partial charge in [0, 0.05) is 6.42 Å². The lowest BCUT2D eigenvalue weighted by molar-refractivity contribution is -0.107. The summed E-state index contributed by atoms with van der Waals surface area (Å²) in [5, 5.41) is 0. The van der Waals surface area contributed by atoms with Crippen molar-refractivity contribution in [2.24, 2.45) is 0 Å². The van der Waals surface area contributed by atoms with Gasteiger partial charge in [0.05, 0.1) is 6.61 Å². The molecule has 0 saturated heterocycles. The maximum absolute atomic E-state index is 10.1. The van der Waals surface area contributed by atoms with Crippen LogP contribution in [0.5, 0.6) is 5.75 Å². The van der Waals surface area contributed by atoms with E-state index in [0.717, 1.165) is 37.9 Å². The number of para-hydroxylation sites is 1. The first-order chi connectivity index (χ1) is 9.43. The predicted molar refractivity (Wildman–Crippen MR) is 79.6 cm³/mol. The van der Waals surface area contributed by atoms with Crippen molar-refractivity contribution in [3.63, 3.8) is 0 Å². The molecule has 0 saturated carbocycles. The van der Waals surface area contributed by atoms with Gasteiger partial charge in [-0.2, -0.15) is 0 Å². The van der Waals surface area contributed by atoms with Crippen LogP contribution >= 0.6 is 0 Å². The minimum absolute atomic E-state index is 0.733. The number of hydrogen-bond acceptors (Lipinski definition) is 2. The van der Waals surface area contributed by atoms with Crippen LogP contribution in [0.1, 0.15) is 57.8 Å². The van der Waals surface area contributed by atoms with Crippen LogP contribution in [0, 0.1) is 0 Å². The Morgan fingerprint density at radius 2 is 1.37 bits per heavy atom. The van der Waals surface area contributed by atoms with E-state index >= 15 is 0 Å². The number of rotatable bonds is 12. The summed E-state index contributed by atoms with van der Waals surface area (Å²) in [5.74, 6) is 0.970. The van der Waals surface area contributed by atoms with Crippen LogP contribution < -0.4 is 4.74 Å². The number of hydrogen-bond donors (Lipinski definition) is 0. The SMILES string of the molecule is O=CCCCCCCCCCCOc1ccccc1. The molecule has 0 fully saturated rings. The second-order valence-electron chi connectivity index (χ2n) is 4.95. The van der Waals surface area contributed by atoms with Crippen molar-refractivity contribution in [2.75, 3.05) is 6.61 Å². The smallest absolute Gasteiger partial charge is 0.119 e. The van der Waals surface area contributed by atoms with E-state index < -0.39 is 0 Å². The van der Waals surface area contributed by atoms with Crippen LogP contribution in [0.25, 0.3) is 0 Å². The first-order valence-electron chi connectivity index (χ1n) is 7.55. The standard InChI is InChI=1S/C17H26O2/c18-15-11-6-4-2-1-3-5-7-12-16-19-17-13-9-8-10-14-17/h8-10,13-15H,1-7,11-12,16H2. The number of carbonyl (C=O) groups excluding carboxylic acids is 1. The van der Waals surface area contributed by atoms with Crippen molar-refractivity contribution in [1.82, 2.24) is 0 Å². The summed E-state index contributed by atoms with van der Waals surface area (Å²) in [4.78, 5) is 10.1. The average molecular weight is 262 g/mol. The third-order valence-corrected chi connectivity index (χ3v) is 3.23. The third-order valence-electron chi connectivity index (χ3n) is 3.23. The number of ether oxygens (including phenoxy) is 1. The highest BCUT2D eigenvalue weighted by atomic mass is 16.5. The van der Waals surface area contributed by atoms with E-state index in [4.69, 9.17) is 4.74 Å². The fourth-order valence-electron chi connectivity index (χ4n) is 2.10. The molecule has 0 spiro atoms. The monoisotopic (exact) mass is 262 g/mol. The highest BCUT2D eigenvalue weighted by Crippen LogP contribution is 2.11. The van der Waals surface area contributed by atoms with Crippen LogP contribution in [0.3, 0.4) is 0 Å². The lowest BCUT2D eigenvalue weighted by Gasteiger charge is -2.05. The van der Waals surface area contributed by atoms with E-state index in [2.05, 4.69) is 0 Å². The lowest BCUT2D eigenvalue weighted by Crippen LogP contribution is -1.96. The number of benzene rings is 1. The van der Waals surface area contributed by atoms with Crippen molar-refractivity contribution in [3.05, 3.63) is 30.3 Å². The quantitative estimate of drug-likeness (QED) is 0.400. The Kier molecular flexibility index (Phi) is 9.75. The van der Waals surface area contributed by atoms with E-state index in [1.807, 2.05) is 30.3 Å². The molecule has 0 N–H and O–H groups in total. The normalized spacial score (nSPS) is 10.3. The fourth-order valence-corrected chi connectivity index (χ4v) is 2.10. The van der Waals surface area contributed by atoms with E-state index in [0.29, 0.717) is 0 Å². The Hall–Kier alpha value is -1.31. The van der Waals surface area contributed by atoms with Gasteiger partial charge in [0.25, 0.3) is 0 Å². The summed E-state index contributed by atoms with van der Waals surface area (Å²) < 4.78 is 5.64. The summed E-state index contributed by atoms with van der Waals surface area (Å²) in [7, 11) is 0. The highest BCUT2D eigenvalue weighted by molar-refractivity contribution is 5.48. The Balaban J connectivity index is 1.80. The van der Waals surface area contributed by atoms with Gasteiger partial charge in [0.2, 0.25) is 0 Å². The van der Waals surface area contributed by atoms with Crippen molar-refractivity contribution in [2.45, 2.75) is 57.8 Å². The molecule has 0 atom stereocenters. The van der Waals surface area contributed by atoms with Gasteiger partial charge in [-0.05, 0) is 25.0 Å². The molecule has 0 unspecified atom stereocenters. The summed E-state index contributed by atoms with van der Waals surface area (Å²) >= 11 is 0. The molecule has 0 aliphatic carbocycles. The number of carbonyl (C=O) groups is 1. The molecule has 0 bridgehead atoms. The van der Waals surface area contributed by atoms with Crippen LogP contribution in [-0.2, 0) is 4.79 Å². The van der Waals surface area contributed by atoms with Gasteiger partial charge in [0.15, 0.2) is 0 Å². The van der Waals surface area contributed by atoms with Crippen molar-refractivity contribution >= 4 is 6.29 Å². The van der Waals surface area contributed by atoms with Crippen molar-refractivity contribution in [3.8, 4) is 5.75 Å². The average Bonchev–Trinajstić information content (AvgIpc) is 2.46. The molecule has 2 heteroatoms. The van der Waals surface area contributed by atoms with E-state index in [1.54, 1.807) is 0 Å². The van der Waals surface area contributed by atoms with Gasteiger partial charge in [-0.15, -0.1) is 0 Å². The molecule has 19 heavy (non-hydrogen) atoms. The largest absolute Gasteiger partial charge is 0.494 e. The van der Waals surface area contributed by atoms with Gasteiger partial charge < -0.3 is 9.53 Å². The molecule has 1 rings (SSSR count). The van der Waals surface area contributed by atoms with Crippen LogP contribution in [0.15, 0.2) is 30.3 Å².